The molecule has 0 N–H and O–H groups in total. The Kier molecular flexibility index (Phi) is 4.71. The summed E-state index contributed by atoms with van der Waals surface area (Å²) in [7, 11) is 1.03. The van der Waals surface area contributed by atoms with Crippen LogP contribution in [0.15, 0.2) is 6.20 Å². The predicted molar refractivity (Wildman–Crippen MR) is 55.1 cm³/mol. The van der Waals surface area contributed by atoms with Gasteiger partial charge in [0.1, 0.15) is 0 Å². The monoisotopic (exact) mass is 335 g/mol. The number of hydrogen-bond donors (Lipinski definition) is 0. The van der Waals surface area contributed by atoms with Gasteiger partial charge in [-0.05, 0) is 0 Å². The molecule has 0 atom stereocenters. The number of alkyl halides is 6. The number of aromatic nitrogens is 1. The highest BCUT2D eigenvalue weighted by Gasteiger charge is 2.36. The molecule has 0 aliphatic rings. The third kappa shape index (κ3) is 3.44. The maximum absolute atomic E-state index is 12.8. The van der Waals surface area contributed by atoms with Crippen LogP contribution in [0, 0.1) is 0 Å². The zero-order valence-electron chi connectivity index (χ0n) is 8.89. The number of nitrogens with zero attached hydrogens (tertiary/aromatic N) is 1. The molecular formula is C9H7BrF5NO2. The van der Waals surface area contributed by atoms with Crippen LogP contribution in [-0.2, 0) is 5.33 Å². The van der Waals surface area contributed by atoms with E-state index in [9.17, 15) is 22.0 Å². The molecule has 0 saturated heterocycles. The maximum Gasteiger partial charge on any atom is 0.573 e. The van der Waals surface area contributed by atoms with Gasteiger partial charge >= 0.3 is 6.36 Å². The molecule has 0 aliphatic heterocycles. The minimum Gasteiger partial charge on any atom is -0.491 e. The van der Waals surface area contributed by atoms with Crippen LogP contribution in [0.25, 0.3) is 0 Å². The highest BCUT2D eigenvalue weighted by atomic mass is 79.9. The SMILES string of the molecule is COc1cnc(CBr)c(C(F)F)c1OC(F)(F)F. The first-order valence-corrected chi connectivity index (χ1v) is 5.58. The first-order chi connectivity index (χ1) is 8.30. The minimum atomic E-state index is -5.10. The van der Waals surface area contributed by atoms with Crippen molar-refractivity contribution in [1.29, 1.82) is 0 Å². The van der Waals surface area contributed by atoms with E-state index in [1.807, 2.05) is 0 Å². The molecule has 0 unspecified atom stereocenters. The van der Waals surface area contributed by atoms with E-state index in [2.05, 4.69) is 30.4 Å². The lowest BCUT2D eigenvalue weighted by atomic mass is 10.2. The van der Waals surface area contributed by atoms with Gasteiger partial charge in [-0.25, -0.2) is 8.78 Å². The maximum atomic E-state index is 12.8. The summed E-state index contributed by atoms with van der Waals surface area (Å²) >= 11 is 2.86. The van der Waals surface area contributed by atoms with E-state index in [0.717, 1.165) is 13.3 Å². The summed E-state index contributed by atoms with van der Waals surface area (Å²) in [5, 5.41) is -0.134. The van der Waals surface area contributed by atoms with Crippen molar-refractivity contribution < 1.29 is 31.4 Å². The van der Waals surface area contributed by atoms with Crippen molar-refractivity contribution in [2.75, 3.05) is 7.11 Å². The summed E-state index contributed by atoms with van der Waals surface area (Å²) in [6.45, 7) is 0. The van der Waals surface area contributed by atoms with Crippen LogP contribution in [0.5, 0.6) is 11.5 Å². The average Bonchev–Trinajstić information content (AvgIpc) is 2.25. The molecule has 1 aromatic heterocycles. The number of halogens is 6. The van der Waals surface area contributed by atoms with E-state index in [4.69, 9.17) is 0 Å². The molecule has 18 heavy (non-hydrogen) atoms. The van der Waals surface area contributed by atoms with E-state index >= 15 is 0 Å². The van der Waals surface area contributed by atoms with Crippen molar-refractivity contribution in [3.63, 3.8) is 0 Å². The lowest BCUT2D eigenvalue weighted by Gasteiger charge is -2.17. The van der Waals surface area contributed by atoms with Gasteiger partial charge in [0.15, 0.2) is 11.5 Å². The van der Waals surface area contributed by atoms with Gasteiger partial charge < -0.3 is 9.47 Å². The standard InChI is InChI=1S/C9H7BrF5NO2/c1-17-5-3-16-4(2-10)6(8(11)12)7(5)18-9(13,14)15/h3,8H,2H2,1H3. The van der Waals surface area contributed by atoms with E-state index in [0.29, 0.717) is 0 Å². The van der Waals surface area contributed by atoms with Gasteiger partial charge in [-0.15, -0.1) is 13.2 Å². The second-order valence-electron chi connectivity index (χ2n) is 3.00. The van der Waals surface area contributed by atoms with Crippen LogP contribution < -0.4 is 9.47 Å². The second-order valence-corrected chi connectivity index (χ2v) is 3.56. The fraction of sp³-hybridized carbons (Fsp3) is 0.444. The van der Waals surface area contributed by atoms with Crippen molar-refractivity contribution in [3.8, 4) is 11.5 Å². The quantitative estimate of drug-likeness (QED) is 0.619. The van der Waals surface area contributed by atoms with Crippen molar-refractivity contribution in [1.82, 2.24) is 4.98 Å². The van der Waals surface area contributed by atoms with Crippen LogP contribution in [0.4, 0.5) is 22.0 Å². The van der Waals surface area contributed by atoms with Crippen molar-refractivity contribution >= 4 is 15.9 Å². The highest BCUT2D eigenvalue weighted by molar-refractivity contribution is 9.08. The average molecular weight is 336 g/mol. The number of ether oxygens (including phenoxy) is 2. The molecule has 102 valence electrons. The molecule has 0 aromatic carbocycles. The molecule has 0 saturated carbocycles. The molecule has 0 bridgehead atoms. The van der Waals surface area contributed by atoms with Crippen LogP contribution >= 0.6 is 15.9 Å². The molecule has 1 rings (SSSR count). The number of pyridine rings is 1. The highest BCUT2D eigenvalue weighted by Crippen LogP contribution is 2.41. The van der Waals surface area contributed by atoms with E-state index < -0.39 is 29.9 Å². The van der Waals surface area contributed by atoms with Crippen LogP contribution in [0.2, 0.25) is 0 Å². The third-order valence-electron chi connectivity index (χ3n) is 1.90. The number of rotatable bonds is 4. The minimum absolute atomic E-state index is 0.134. The molecule has 3 nitrogen and oxygen atoms in total. The molecule has 9 heteroatoms. The molecule has 0 spiro atoms. The molecular weight excluding hydrogens is 329 g/mol. The fourth-order valence-corrected chi connectivity index (χ4v) is 1.67. The van der Waals surface area contributed by atoms with Crippen molar-refractivity contribution in [3.05, 3.63) is 17.5 Å². The Bertz CT molecular complexity index is 424. The van der Waals surface area contributed by atoms with Crippen molar-refractivity contribution in [2.45, 2.75) is 18.1 Å². The largest absolute Gasteiger partial charge is 0.573 e. The predicted octanol–water partition coefficient (Wildman–Crippen LogP) is 3.82. The topological polar surface area (TPSA) is 31.4 Å². The fourth-order valence-electron chi connectivity index (χ4n) is 1.23. The number of methoxy groups -OCH3 is 1. The zero-order chi connectivity index (χ0) is 13.9. The molecule has 0 radical (unpaired) electrons. The Labute approximate surface area is 107 Å². The van der Waals surface area contributed by atoms with Crippen LogP contribution in [0.3, 0.4) is 0 Å². The summed E-state index contributed by atoms with van der Waals surface area (Å²) in [6, 6.07) is 0. The number of hydrogen-bond acceptors (Lipinski definition) is 3. The summed E-state index contributed by atoms with van der Waals surface area (Å²) < 4.78 is 70.3. The molecule has 1 heterocycles. The smallest absolute Gasteiger partial charge is 0.491 e. The second kappa shape index (κ2) is 5.68. The Hall–Kier alpha value is -1.12. The van der Waals surface area contributed by atoms with E-state index in [-0.39, 0.29) is 11.0 Å². The van der Waals surface area contributed by atoms with E-state index in [1.54, 1.807) is 0 Å². The van der Waals surface area contributed by atoms with Gasteiger partial charge in [0.2, 0.25) is 0 Å². The van der Waals surface area contributed by atoms with Gasteiger partial charge in [0.05, 0.1) is 24.6 Å². The van der Waals surface area contributed by atoms with Gasteiger partial charge in [-0.2, -0.15) is 0 Å². The van der Waals surface area contributed by atoms with Gasteiger partial charge in [-0.1, -0.05) is 15.9 Å². The van der Waals surface area contributed by atoms with Crippen LogP contribution in [-0.4, -0.2) is 18.5 Å². The molecule has 1 aromatic rings. The molecule has 0 aliphatic carbocycles. The summed E-state index contributed by atoms with van der Waals surface area (Å²) in [5.41, 5.74) is -1.19. The Morgan fingerprint density at radius 2 is 2.00 bits per heavy atom. The van der Waals surface area contributed by atoms with E-state index in [1.165, 1.54) is 0 Å². The lowest BCUT2D eigenvalue weighted by Crippen LogP contribution is -2.19. The third-order valence-corrected chi connectivity index (χ3v) is 2.43. The summed E-state index contributed by atoms with van der Waals surface area (Å²) in [6.07, 6.45) is -7.37. The van der Waals surface area contributed by atoms with Crippen LogP contribution in [0.1, 0.15) is 17.7 Å². The zero-order valence-corrected chi connectivity index (χ0v) is 10.5. The lowest BCUT2D eigenvalue weighted by molar-refractivity contribution is -0.275. The normalized spacial score (nSPS) is 11.8. The first-order valence-electron chi connectivity index (χ1n) is 4.45. The Balaban J connectivity index is 3.40. The summed E-state index contributed by atoms with van der Waals surface area (Å²) in [4.78, 5) is 3.58. The van der Waals surface area contributed by atoms with Gasteiger partial charge in [-0.3, -0.25) is 4.98 Å². The first kappa shape index (κ1) is 14.9. The Morgan fingerprint density at radius 3 is 2.39 bits per heavy atom. The summed E-state index contributed by atoms with van der Waals surface area (Å²) in [5.74, 6) is -1.57. The molecule has 0 amide bonds. The van der Waals surface area contributed by atoms with Gasteiger partial charge in [0, 0.05) is 5.33 Å². The molecule has 0 fully saturated rings. The Morgan fingerprint density at radius 1 is 1.39 bits per heavy atom. The van der Waals surface area contributed by atoms with Crippen molar-refractivity contribution in [2.24, 2.45) is 0 Å². The van der Waals surface area contributed by atoms with Gasteiger partial charge in [0.25, 0.3) is 6.43 Å².